The predicted molar refractivity (Wildman–Crippen MR) is 98.5 cm³/mol. The lowest BCUT2D eigenvalue weighted by Gasteiger charge is -2.29. The van der Waals surface area contributed by atoms with E-state index in [1.54, 1.807) is 4.90 Å². The van der Waals surface area contributed by atoms with Gasteiger partial charge in [-0.2, -0.15) is 0 Å². The molecule has 1 aromatic rings. The number of carbonyl (C=O) groups is 3. The van der Waals surface area contributed by atoms with Gasteiger partial charge in [-0.05, 0) is 25.3 Å². The van der Waals surface area contributed by atoms with Crippen LogP contribution in [0, 0.1) is 0 Å². The highest BCUT2D eigenvalue weighted by Gasteiger charge is 2.39. The highest BCUT2D eigenvalue weighted by atomic mass is 16.5. The molecular weight excluding hydrogens is 348 g/mol. The molecule has 7 nitrogen and oxygen atoms in total. The smallest absolute Gasteiger partial charge is 0.323 e. The van der Waals surface area contributed by atoms with E-state index >= 15 is 0 Å². The summed E-state index contributed by atoms with van der Waals surface area (Å²) in [6, 6.07) is 7.56. The van der Waals surface area contributed by atoms with Crippen LogP contribution in [0.25, 0.3) is 0 Å². The van der Waals surface area contributed by atoms with E-state index in [0.717, 1.165) is 17.7 Å². The molecule has 27 heavy (non-hydrogen) atoms. The van der Waals surface area contributed by atoms with E-state index in [9.17, 15) is 14.4 Å². The van der Waals surface area contributed by atoms with Gasteiger partial charge in [-0.25, -0.2) is 0 Å². The van der Waals surface area contributed by atoms with Gasteiger partial charge >= 0.3 is 5.97 Å². The van der Waals surface area contributed by atoms with E-state index in [2.05, 4.69) is 0 Å². The highest BCUT2D eigenvalue weighted by Crippen LogP contribution is 2.38. The van der Waals surface area contributed by atoms with Crippen LogP contribution in [0.15, 0.2) is 24.3 Å². The lowest BCUT2D eigenvalue weighted by atomic mass is 9.97. The summed E-state index contributed by atoms with van der Waals surface area (Å²) in [6.45, 7) is 4.18. The van der Waals surface area contributed by atoms with E-state index < -0.39 is 12.1 Å². The third kappa shape index (κ3) is 4.07. The van der Waals surface area contributed by atoms with Crippen molar-refractivity contribution in [3.63, 3.8) is 0 Å². The number of hydrogen-bond acceptors (Lipinski definition) is 4. The number of aliphatic carboxylic acids is 1. The molecule has 0 spiro atoms. The first-order valence-electron chi connectivity index (χ1n) is 9.42. The maximum atomic E-state index is 13.0. The first-order valence-corrected chi connectivity index (χ1v) is 9.42. The molecule has 0 radical (unpaired) electrons. The van der Waals surface area contributed by atoms with E-state index in [1.807, 2.05) is 31.2 Å². The van der Waals surface area contributed by atoms with Crippen molar-refractivity contribution in [3.05, 3.63) is 29.8 Å². The number of ether oxygens (including phenoxy) is 1. The molecule has 0 aliphatic carbocycles. The number of nitrogens with zero attached hydrogens (tertiary/aromatic N) is 2. The van der Waals surface area contributed by atoms with Crippen molar-refractivity contribution in [2.75, 3.05) is 19.6 Å². The number of benzene rings is 1. The standard InChI is InChI=1S/C20H26N2O5/c1-13-16-7-3-4-8-17(16)27-19(13)20(26)21-10-5-6-15(9-11-21)22(14(2)23)12-18(24)25/h3-4,7-8,13,15,19H,5-6,9-12H2,1-2H3,(H,24,25). The molecule has 3 rings (SSSR count). The number of carboxylic acids is 1. The highest BCUT2D eigenvalue weighted by molar-refractivity contribution is 5.84. The van der Waals surface area contributed by atoms with Crippen molar-refractivity contribution in [1.82, 2.24) is 9.80 Å². The number of fused-ring (bicyclic) bond motifs is 1. The van der Waals surface area contributed by atoms with Crippen molar-refractivity contribution in [2.24, 2.45) is 0 Å². The summed E-state index contributed by atoms with van der Waals surface area (Å²) < 4.78 is 5.91. The number of amides is 2. The fraction of sp³-hybridized carbons (Fsp3) is 0.550. The first-order chi connectivity index (χ1) is 12.9. The van der Waals surface area contributed by atoms with E-state index in [0.29, 0.717) is 25.9 Å². The Morgan fingerprint density at radius 2 is 1.96 bits per heavy atom. The molecule has 0 bridgehead atoms. The number of likely N-dealkylation sites (tertiary alicyclic amines) is 1. The van der Waals surface area contributed by atoms with Crippen LogP contribution in [0.2, 0.25) is 0 Å². The number of carbonyl (C=O) groups excluding carboxylic acids is 2. The monoisotopic (exact) mass is 374 g/mol. The molecule has 3 unspecified atom stereocenters. The fourth-order valence-corrected chi connectivity index (χ4v) is 4.06. The molecule has 2 aliphatic heterocycles. The van der Waals surface area contributed by atoms with Crippen LogP contribution >= 0.6 is 0 Å². The maximum absolute atomic E-state index is 13.0. The number of para-hydroxylation sites is 1. The fourth-order valence-electron chi connectivity index (χ4n) is 4.06. The van der Waals surface area contributed by atoms with Crippen LogP contribution in [0.3, 0.4) is 0 Å². The van der Waals surface area contributed by atoms with Gasteiger partial charge in [-0.1, -0.05) is 25.1 Å². The number of rotatable bonds is 4. The van der Waals surface area contributed by atoms with Gasteiger partial charge in [0.25, 0.3) is 5.91 Å². The molecule has 1 aromatic carbocycles. The first kappa shape index (κ1) is 19.2. The Labute approximate surface area is 158 Å². The lowest BCUT2D eigenvalue weighted by molar-refractivity contribution is -0.145. The van der Waals surface area contributed by atoms with Gasteiger partial charge in [0.15, 0.2) is 6.10 Å². The van der Waals surface area contributed by atoms with Crippen LogP contribution in [0.1, 0.15) is 44.6 Å². The van der Waals surface area contributed by atoms with Crippen molar-refractivity contribution in [2.45, 2.75) is 51.2 Å². The summed E-state index contributed by atoms with van der Waals surface area (Å²) in [5, 5.41) is 9.06. The van der Waals surface area contributed by atoms with Crippen molar-refractivity contribution >= 4 is 17.8 Å². The topological polar surface area (TPSA) is 87.2 Å². The predicted octanol–water partition coefficient (Wildman–Crippen LogP) is 1.87. The van der Waals surface area contributed by atoms with Gasteiger partial charge in [0.2, 0.25) is 5.91 Å². The van der Waals surface area contributed by atoms with E-state index in [-0.39, 0.29) is 30.3 Å². The molecule has 0 aromatic heterocycles. The molecule has 1 fully saturated rings. The van der Waals surface area contributed by atoms with Crippen molar-refractivity contribution in [3.8, 4) is 5.75 Å². The molecule has 146 valence electrons. The second kappa shape index (κ2) is 7.98. The SMILES string of the molecule is CC(=O)N(CC(=O)O)C1CCCN(C(=O)C2Oc3ccccc3C2C)CC1. The Hall–Kier alpha value is -2.57. The number of hydrogen-bond donors (Lipinski definition) is 1. The van der Waals surface area contributed by atoms with Gasteiger partial charge in [-0.15, -0.1) is 0 Å². The van der Waals surface area contributed by atoms with Crippen LogP contribution in [0.5, 0.6) is 5.75 Å². The third-order valence-corrected chi connectivity index (χ3v) is 5.52. The van der Waals surface area contributed by atoms with Crippen molar-refractivity contribution < 1.29 is 24.2 Å². The summed E-state index contributed by atoms with van der Waals surface area (Å²) >= 11 is 0. The van der Waals surface area contributed by atoms with E-state index in [4.69, 9.17) is 9.84 Å². The van der Waals surface area contributed by atoms with Crippen LogP contribution < -0.4 is 4.74 Å². The van der Waals surface area contributed by atoms with Crippen LogP contribution in [0.4, 0.5) is 0 Å². The minimum atomic E-state index is -1.02. The molecule has 2 heterocycles. The average molecular weight is 374 g/mol. The molecule has 3 atom stereocenters. The molecular formula is C20H26N2O5. The van der Waals surface area contributed by atoms with Gasteiger partial charge in [0, 0.05) is 37.5 Å². The van der Waals surface area contributed by atoms with Crippen LogP contribution in [-0.4, -0.2) is 64.5 Å². The Balaban J connectivity index is 1.65. The van der Waals surface area contributed by atoms with Crippen molar-refractivity contribution in [1.29, 1.82) is 0 Å². The molecule has 7 heteroatoms. The second-order valence-electron chi connectivity index (χ2n) is 7.32. The molecule has 1 N–H and O–H groups in total. The Kier molecular flexibility index (Phi) is 5.68. The summed E-state index contributed by atoms with van der Waals surface area (Å²) in [7, 11) is 0. The largest absolute Gasteiger partial charge is 0.480 e. The normalized spacial score (nSPS) is 24.5. The summed E-state index contributed by atoms with van der Waals surface area (Å²) in [4.78, 5) is 39.2. The summed E-state index contributed by atoms with van der Waals surface area (Å²) in [6.07, 6.45) is 1.47. The quantitative estimate of drug-likeness (QED) is 0.869. The zero-order valence-electron chi connectivity index (χ0n) is 15.8. The van der Waals surface area contributed by atoms with Crippen LogP contribution in [-0.2, 0) is 14.4 Å². The zero-order valence-corrected chi connectivity index (χ0v) is 15.8. The average Bonchev–Trinajstić information content (AvgIpc) is 2.81. The molecule has 2 amide bonds. The molecule has 0 saturated carbocycles. The minimum absolute atomic E-state index is 0.00604. The Morgan fingerprint density at radius 1 is 1.22 bits per heavy atom. The van der Waals surface area contributed by atoms with E-state index in [1.165, 1.54) is 11.8 Å². The molecule has 2 aliphatic rings. The summed E-state index contributed by atoms with van der Waals surface area (Å²) in [5.74, 6) is -0.542. The van der Waals surface area contributed by atoms with Gasteiger partial charge < -0.3 is 19.6 Å². The maximum Gasteiger partial charge on any atom is 0.323 e. The summed E-state index contributed by atoms with van der Waals surface area (Å²) in [5.41, 5.74) is 1.05. The zero-order chi connectivity index (χ0) is 19.6. The van der Waals surface area contributed by atoms with Gasteiger partial charge in [0.1, 0.15) is 12.3 Å². The minimum Gasteiger partial charge on any atom is -0.480 e. The Bertz CT molecular complexity index is 735. The van der Waals surface area contributed by atoms with Gasteiger partial charge in [0.05, 0.1) is 0 Å². The van der Waals surface area contributed by atoms with Gasteiger partial charge in [-0.3, -0.25) is 14.4 Å². The third-order valence-electron chi connectivity index (χ3n) is 5.52. The Morgan fingerprint density at radius 3 is 2.63 bits per heavy atom. The lowest BCUT2D eigenvalue weighted by Crippen LogP contribution is -2.45. The number of carboxylic acid groups (broad SMARTS) is 1. The second-order valence-corrected chi connectivity index (χ2v) is 7.32. The molecule has 1 saturated heterocycles.